The van der Waals surface area contributed by atoms with Crippen molar-refractivity contribution < 1.29 is 19.2 Å². The molecule has 0 aliphatic carbocycles. The molecule has 0 aromatic heterocycles. The smallest absolute Gasteiger partial charge is 0.337 e. The number of carbonyl (C=O) groups excluding carboxylic acids is 2. The standard InChI is InChI=1S/C17H17N3O5/c1-19(11-13-5-3-4-6-15(13)20(23)24)17(22)18-14-9-7-12(8-10-14)16(21)25-2/h3-10H,11H2,1-2H3,(H,18,22). The molecule has 2 aromatic rings. The Morgan fingerprint density at radius 2 is 1.80 bits per heavy atom. The Hall–Kier alpha value is -3.42. The highest BCUT2D eigenvalue weighted by atomic mass is 16.6. The van der Waals surface area contributed by atoms with Crippen LogP contribution in [0.25, 0.3) is 0 Å². The zero-order valence-corrected chi connectivity index (χ0v) is 13.8. The van der Waals surface area contributed by atoms with E-state index in [-0.39, 0.29) is 12.2 Å². The van der Waals surface area contributed by atoms with Gasteiger partial charge in [0.2, 0.25) is 0 Å². The van der Waals surface area contributed by atoms with Crippen molar-refractivity contribution in [2.75, 3.05) is 19.5 Å². The third kappa shape index (κ3) is 4.54. The molecule has 25 heavy (non-hydrogen) atoms. The molecule has 1 N–H and O–H groups in total. The Bertz CT molecular complexity index is 789. The van der Waals surface area contributed by atoms with Gasteiger partial charge in [-0.05, 0) is 24.3 Å². The number of carbonyl (C=O) groups is 2. The number of nitrogens with one attached hydrogen (secondary N) is 1. The molecule has 2 aromatic carbocycles. The molecule has 0 bridgehead atoms. The molecule has 130 valence electrons. The van der Waals surface area contributed by atoms with Gasteiger partial charge >= 0.3 is 12.0 Å². The Balaban J connectivity index is 2.03. The van der Waals surface area contributed by atoms with Gasteiger partial charge in [0.25, 0.3) is 5.69 Å². The van der Waals surface area contributed by atoms with Crippen LogP contribution >= 0.6 is 0 Å². The number of nitrogens with zero attached hydrogens (tertiary/aromatic N) is 2. The van der Waals surface area contributed by atoms with Crippen LogP contribution in [0.5, 0.6) is 0 Å². The summed E-state index contributed by atoms with van der Waals surface area (Å²) < 4.78 is 4.60. The summed E-state index contributed by atoms with van der Waals surface area (Å²) >= 11 is 0. The fourth-order valence-electron chi connectivity index (χ4n) is 2.18. The number of ether oxygens (including phenoxy) is 1. The second-order valence-electron chi connectivity index (χ2n) is 5.24. The molecule has 0 unspecified atom stereocenters. The number of hydrogen-bond acceptors (Lipinski definition) is 5. The Morgan fingerprint density at radius 3 is 2.40 bits per heavy atom. The summed E-state index contributed by atoms with van der Waals surface area (Å²) in [7, 11) is 2.82. The van der Waals surface area contributed by atoms with Crippen LogP contribution in [0, 0.1) is 10.1 Å². The highest BCUT2D eigenvalue weighted by molar-refractivity contribution is 5.92. The molecule has 0 spiro atoms. The maximum atomic E-state index is 12.2. The number of nitro benzene ring substituents is 1. The molecule has 0 heterocycles. The first-order valence-electron chi connectivity index (χ1n) is 7.35. The van der Waals surface area contributed by atoms with Gasteiger partial charge in [0.1, 0.15) is 0 Å². The summed E-state index contributed by atoms with van der Waals surface area (Å²) in [6.45, 7) is 0.0865. The van der Waals surface area contributed by atoms with E-state index in [0.717, 1.165) is 0 Å². The number of amides is 2. The van der Waals surface area contributed by atoms with Gasteiger partial charge in [0.15, 0.2) is 0 Å². The fourth-order valence-corrected chi connectivity index (χ4v) is 2.18. The lowest BCUT2D eigenvalue weighted by atomic mass is 10.1. The minimum absolute atomic E-state index is 0.0374. The number of urea groups is 1. The molecule has 0 aliphatic rings. The predicted molar refractivity (Wildman–Crippen MR) is 91.4 cm³/mol. The largest absolute Gasteiger partial charge is 0.465 e. The molecule has 0 saturated carbocycles. The third-order valence-corrected chi connectivity index (χ3v) is 3.50. The van der Waals surface area contributed by atoms with Crippen molar-refractivity contribution in [1.82, 2.24) is 4.90 Å². The molecule has 0 fully saturated rings. The minimum Gasteiger partial charge on any atom is -0.465 e. The highest BCUT2D eigenvalue weighted by Crippen LogP contribution is 2.19. The van der Waals surface area contributed by atoms with E-state index < -0.39 is 16.9 Å². The number of benzene rings is 2. The van der Waals surface area contributed by atoms with Crippen LogP contribution < -0.4 is 5.32 Å². The molecule has 8 heteroatoms. The highest BCUT2D eigenvalue weighted by Gasteiger charge is 2.17. The van der Waals surface area contributed by atoms with Crippen molar-refractivity contribution in [3.63, 3.8) is 0 Å². The number of rotatable bonds is 5. The predicted octanol–water partition coefficient (Wildman–Crippen LogP) is 3.05. The van der Waals surface area contributed by atoms with Crippen molar-refractivity contribution in [1.29, 1.82) is 0 Å². The summed E-state index contributed by atoms with van der Waals surface area (Å²) in [5, 5.41) is 13.7. The monoisotopic (exact) mass is 343 g/mol. The maximum Gasteiger partial charge on any atom is 0.337 e. The van der Waals surface area contributed by atoms with Gasteiger partial charge < -0.3 is 15.0 Å². The molecule has 0 aliphatic heterocycles. The van der Waals surface area contributed by atoms with Crippen molar-refractivity contribution in [2.45, 2.75) is 6.54 Å². The van der Waals surface area contributed by atoms with Crippen molar-refractivity contribution >= 4 is 23.4 Å². The summed E-state index contributed by atoms with van der Waals surface area (Å²) in [5.74, 6) is -0.466. The quantitative estimate of drug-likeness (QED) is 0.511. The fraction of sp³-hybridized carbons (Fsp3) is 0.176. The Morgan fingerprint density at radius 1 is 1.16 bits per heavy atom. The summed E-state index contributed by atoms with van der Waals surface area (Å²) in [6, 6.07) is 12.0. The number of nitro groups is 1. The van der Waals surface area contributed by atoms with E-state index in [0.29, 0.717) is 16.8 Å². The van der Waals surface area contributed by atoms with Crippen molar-refractivity contribution in [2.24, 2.45) is 0 Å². The van der Waals surface area contributed by atoms with Crippen LogP contribution in [-0.2, 0) is 11.3 Å². The van der Waals surface area contributed by atoms with Gasteiger partial charge in [-0.2, -0.15) is 0 Å². The topological polar surface area (TPSA) is 102 Å². The van der Waals surface area contributed by atoms with Gasteiger partial charge in [-0.25, -0.2) is 9.59 Å². The normalized spacial score (nSPS) is 10.0. The van der Waals surface area contributed by atoms with E-state index in [1.807, 2.05) is 0 Å². The van der Waals surface area contributed by atoms with Gasteiger partial charge in [-0.15, -0.1) is 0 Å². The second kappa shape index (κ2) is 7.91. The molecule has 0 radical (unpaired) electrons. The lowest BCUT2D eigenvalue weighted by Gasteiger charge is -2.18. The first-order valence-corrected chi connectivity index (χ1v) is 7.35. The number of methoxy groups -OCH3 is 1. The van der Waals surface area contributed by atoms with Crippen LogP contribution in [0.3, 0.4) is 0 Å². The lowest BCUT2D eigenvalue weighted by molar-refractivity contribution is -0.385. The summed E-state index contributed by atoms with van der Waals surface area (Å²) in [5.41, 5.74) is 1.26. The van der Waals surface area contributed by atoms with E-state index in [1.54, 1.807) is 30.3 Å². The summed E-state index contributed by atoms with van der Waals surface area (Å²) in [4.78, 5) is 35.5. The van der Waals surface area contributed by atoms with E-state index in [9.17, 15) is 19.7 Å². The second-order valence-corrected chi connectivity index (χ2v) is 5.24. The number of hydrogen-bond donors (Lipinski definition) is 1. The molecular formula is C17H17N3O5. The van der Waals surface area contributed by atoms with Crippen molar-refractivity contribution in [3.05, 3.63) is 69.8 Å². The molecule has 0 saturated heterocycles. The maximum absolute atomic E-state index is 12.2. The average molecular weight is 343 g/mol. The van der Waals surface area contributed by atoms with E-state index >= 15 is 0 Å². The van der Waals surface area contributed by atoms with E-state index in [1.165, 1.54) is 37.3 Å². The minimum atomic E-state index is -0.480. The van der Waals surface area contributed by atoms with Gasteiger partial charge in [0.05, 0.1) is 24.1 Å². The average Bonchev–Trinajstić information content (AvgIpc) is 2.61. The zero-order valence-electron chi connectivity index (χ0n) is 13.8. The molecule has 0 atom stereocenters. The van der Waals surface area contributed by atoms with Crippen LogP contribution in [-0.4, -0.2) is 36.0 Å². The van der Waals surface area contributed by atoms with Gasteiger partial charge in [-0.3, -0.25) is 10.1 Å². The van der Waals surface area contributed by atoms with Crippen LogP contribution in [0.1, 0.15) is 15.9 Å². The number of esters is 1. The first-order chi connectivity index (χ1) is 11.9. The SMILES string of the molecule is COC(=O)c1ccc(NC(=O)N(C)Cc2ccccc2[N+](=O)[O-])cc1. The third-order valence-electron chi connectivity index (χ3n) is 3.50. The molecule has 8 nitrogen and oxygen atoms in total. The lowest BCUT2D eigenvalue weighted by Crippen LogP contribution is -2.31. The van der Waals surface area contributed by atoms with Crippen molar-refractivity contribution in [3.8, 4) is 0 Å². The zero-order chi connectivity index (χ0) is 18.4. The Labute approximate surface area is 144 Å². The van der Waals surface area contributed by atoms with Crippen LogP contribution in [0.4, 0.5) is 16.2 Å². The molecule has 2 amide bonds. The molecule has 2 rings (SSSR count). The Kier molecular flexibility index (Phi) is 5.67. The van der Waals surface area contributed by atoms with E-state index in [4.69, 9.17) is 0 Å². The number of anilines is 1. The molecular weight excluding hydrogens is 326 g/mol. The van der Waals surface area contributed by atoms with E-state index in [2.05, 4.69) is 10.1 Å². The van der Waals surface area contributed by atoms with Gasteiger partial charge in [0, 0.05) is 24.4 Å². The summed E-state index contributed by atoms with van der Waals surface area (Å²) in [6.07, 6.45) is 0. The van der Waals surface area contributed by atoms with Gasteiger partial charge in [-0.1, -0.05) is 18.2 Å². The van der Waals surface area contributed by atoms with Crippen LogP contribution in [0.15, 0.2) is 48.5 Å². The number of para-hydroxylation sites is 1. The van der Waals surface area contributed by atoms with Crippen LogP contribution in [0.2, 0.25) is 0 Å². The first kappa shape index (κ1) is 17.9.